The second kappa shape index (κ2) is 6.52. The summed E-state index contributed by atoms with van der Waals surface area (Å²) in [6.45, 7) is 6.77. The number of hydrogen-bond acceptors (Lipinski definition) is 5. The van der Waals surface area contributed by atoms with Crippen LogP contribution >= 0.6 is 0 Å². The highest BCUT2D eigenvalue weighted by Gasteiger charge is 2.15. The number of benzene rings is 1. The molecule has 1 heterocycles. The Morgan fingerprint density at radius 1 is 1.30 bits per heavy atom. The van der Waals surface area contributed by atoms with E-state index < -0.39 is 0 Å². The molecule has 0 fully saturated rings. The van der Waals surface area contributed by atoms with Gasteiger partial charge in [-0.3, -0.25) is 0 Å². The van der Waals surface area contributed by atoms with Crippen LogP contribution < -0.4 is 5.32 Å². The van der Waals surface area contributed by atoms with E-state index in [1.807, 2.05) is 6.92 Å². The molecule has 1 aromatic heterocycles. The van der Waals surface area contributed by atoms with Crippen LogP contribution in [-0.2, 0) is 11.2 Å². The standard InChI is InChI=1S/C15H21N3O2/c1-10-6-5-7-11(2)14(10)16-12(3)15-17-13(18-20-15)8-9-19-4/h5-7,12,16H,8-9H2,1-4H3. The van der Waals surface area contributed by atoms with Gasteiger partial charge in [0.15, 0.2) is 5.82 Å². The minimum atomic E-state index is -0.0291. The third kappa shape index (κ3) is 3.36. The van der Waals surface area contributed by atoms with E-state index in [-0.39, 0.29) is 6.04 Å². The average Bonchev–Trinajstić information content (AvgIpc) is 2.89. The molecular weight excluding hydrogens is 254 g/mol. The zero-order valence-electron chi connectivity index (χ0n) is 12.4. The third-order valence-electron chi connectivity index (χ3n) is 3.23. The lowest BCUT2D eigenvalue weighted by Crippen LogP contribution is -2.09. The van der Waals surface area contributed by atoms with Crippen LogP contribution in [0.15, 0.2) is 22.7 Å². The summed E-state index contributed by atoms with van der Waals surface area (Å²) in [6.07, 6.45) is 0.663. The molecule has 108 valence electrons. The van der Waals surface area contributed by atoms with Crippen LogP contribution in [-0.4, -0.2) is 23.9 Å². The van der Waals surface area contributed by atoms with Gasteiger partial charge in [-0.2, -0.15) is 4.98 Å². The molecule has 0 aliphatic heterocycles. The molecule has 5 nitrogen and oxygen atoms in total. The van der Waals surface area contributed by atoms with Gasteiger partial charge in [0.1, 0.15) is 6.04 Å². The van der Waals surface area contributed by atoms with Crippen molar-refractivity contribution in [1.82, 2.24) is 10.1 Å². The number of hydrogen-bond donors (Lipinski definition) is 1. The SMILES string of the molecule is COCCc1noc(C(C)Nc2c(C)cccc2C)n1. The third-order valence-corrected chi connectivity index (χ3v) is 3.23. The molecule has 0 saturated heterocycles. The Morgan fingerprint density at radius 2 is 2.00 bits per heavy atom. The monoisotopic (exact) mass is 275 g/mol. The minimum absolute atomic E-state index is 0.0291. The average molecular weight is 275 g/mol. The fourth-order valence-corrected chi connectivity index (χ4v) is 2.06. The number of methoxy groups -OCH3 is 1. The van der Waals surface area contributed by atoms with Crippen molar-refractivity contribution in [2.45, 2.75) is 33.2 Å². The Bertz CT molecular complexity index is 546. The smallest absolute Gasteiger partial charge is 0.248 e. The molecule has 0 spiro atoms. The Kier molecular flexibility index (Phi) is 4.74. The van der Waals surface area contributed by atoms with Crippen LogP contribution in [0.3, 0.4) is 0 Å². The maximum absolute atomic E-state index is 5.30. The van der Waals surface area contributed by atoms with Crippen molar-refractivity contribution in [2.24, 2.45) is 0 Å². The summed E-state index contributed by atoms with van der Waals surface area (Å²) in [7, 11) is 1.66. The van der Waals surface area contributed by atoms with Gasteiger partial charge in [0.05, 0.1) is 6.61 Å². The second-order valence-corrected chi connectivity index (χ2v) is 4.92. The molecule has 1 unspecified atom stereocenters. The summed E-state index contributed by atoms with van der Waals surface area (Å²) in [5.41, 5.74) is 3.53. The lowest BCUT2D eigenvalue weighted by atomic mass is 10.1. The maximum Gasteiger partial charge on any atom is 0.248 e. The predicted molar refractivity (Wildman–Crippen MR) is 77.8 cm³/mol. The topological polar surface area (TPSA) is 60.2 Å². The van der Waals surface area contributed by atoms with Crippen molar-refractivity contribution in [3.63, 3.8) is 0 Å². The lowest BCUT2D eigenvalue weighted by Gasteiger charge is -2.16. The number of nitrogens with one attached hydrogen (secondary N) is 1. The number of rotatable bonds is 6. The number of para-hydroxylation sites is 1. The van der Waals surface area contributed by atoms with E-state index in [1.165, 1.54) is 11.1 Å². The van der Waals surface area contributed by atoms with Crippen molar-refractivity contribution in [1.29, 1.82) is 0 Å². The Hall–Kier alpha value is -1.88. The van der Waals surface area contributed by atoms with Gasteiger partial charge in [0.2, 0.25) is 5.89 Å². The molecule has 0 aliphatic rings. The fourth-order valence-electron chi connectivity index (χ4n) is 2.06. The molecule has 0 bridgehead atoms. The van der Waals surface area contributed by atoms with Crippen molar-refractivity contribution in [3.05, 3.63) is 41.0 Å². The van der Waals surface area contributed by atoms with Gasteiger partial charge in [-0.05, 0) is 31.9 Å². The zero-order valence-corrected chi connectivity index (χ0v) is 12.4. The van der Waals surface area contributed by atoms with Crippen LogP contribution in [0.4, 0.5) is 5.69 Å². The van der Waals surface area contributed by atoms with E-state index in [1.54, 1.807) is 7.11 Å². The van der Waals surface area contributed by atoms with E-state index in [9.17, 15) is 0 Å². The van der Waals surface area contributed by atoms with Crippen LogP contribution in [0.25, 0.3) is 0 Å². The molecular formula is C15H21N3O2. The van der Waals surface area contributed by atoms with E-state index in [2.05, 4.69) is 47.5 Å². The molecule has 5 heteroatoms. The van der Waals surface area contributed by atoms with Gasteiger partial charge in [-0.25, -0.2) is 0 Å². The molecule has 0 aliphatic carbocycles. The number of ether oxygens (including phenoxy) is 1. The number of nitrogens with zero attached hydrogens (tertiary/aromatic N) is 2. The summed E-state index contributed by atoms with van der Waals surface area (Å²) in [4.78, 5) is 4.38. The number of aromatic nitrogens is 2. The van der Waals surface area contributed by atoms with Crippen LogP contribution in [0.1, 0.15) is 35.8 Å². The molecule has 1 N–H and O–H groups in total. The number of aryl methyl sites for hydroxylation is 2. The largest absolute Gasteiger partial charge is 0.384 e. The van der Waals surface area contributed by atoms with Gasteiger partial charge in [0.25, 0.3) is 0 Å². The first kappa shape index (κ1) is 14.5. The maximum atomic E-state index is 5.30. The zero-order chi connectivity index (χ0) is 14.5. The Morgan fingerprint density at radius 3 is 2.65 bits per heavy atom. The summed E-state index contributed by atoms with van der Waals surface area (Å²) >= 11 is 0. The molecule has 0 radical (unpaired) electrons. The predicted octanol–water partition coefficient (Wildman–Crippen LogP) is 3.05. The van der Waals surface area contributed by atoms with Crippen LogP contribution in [0.2, 0.25) is 0 Å². The normalized spacial score (nSPS) is 12.4. The Balaban J connectivity index is 2.08. The van der Waals surface area contributed by atoms with Crippen molar-refractivity contribution in [2.75, 3.05) is 19.0 Å². The van der Waals surface area contributed by atoms with Gasteiger partial charge < -0.3 is 14.6 Å². The molecule has 20 heavy (non-hydrogen) atoms. The highest BCUT2D eigenvalue weighted by atomic mass is 16.5. The van der Waals surface area contributed by atoms with E-state index >= 15 is 0 Å². The molecule has 2 rings (SSSR count). The van der Waals surface area contributed by atoms with Crippen molar-refractivity contribution in [3.8, 4) is 0 Å². The first-order valence-electron chi connectivity index (χ1n) is 6.76. The van der Waals surface area contributed by atoms with E-state index in [0.717, 1.165) is 5.69 Å². The summed E-state index contributed by atoms with van der Waals surface area (Å²) in [5.74, 6) is 1.27. The highest BCUT2D eigenvalue weighted by Crippen LogP contribution is 2.24. The fraction of sp³-hybridized carbons (Fsp3) is 0.467. The van der Waals surface area contributed by atoms with Gasteiger partial charge in [0, 0.05) is 19.2 Å². The van der Waals surface area contributed by atoms with Gasteiger partial charge in [-0.15, -0.1) is 0 Å². The molecule has 1 aromatic carbocycles. The first-order chi connectivity index (χ1) is 9.61. The summed E-state index contributed by atoms with van der Waals surface area (Å²) in [5, 5.41) is 7.39. The Labute approximate surface area is 119 Å². The van der Waals surface area contributed by atoms with Crippen molar-refractivity contribution >= 4 is 5.69 Å². The van der Waals surface area contributed by atoms with Crippen LogP contribution in [0, 0.1) is 13.8 Å². The second-order valence-electron chi connectivity index (χ2n) is 4.92. The minimum Gasteiger partial charge on any atom is -0.384 e. The van der Waals surface area contributed by atoms with Gasteiger partial charge in [-0.1, -0.05) is 23.4 Å². The molecule has 0 saturated carbocycles. The molecule has 0 amide bonds. The van der Waals surface area contributed by atoms with E-state index in [0.29, 0.717) is 24.7 Å². The lowest BCUT2D eigenvalue weighted by molar-refractivity contribution is 0.199. The van der Waals surface area contributed by atoms with E-state index in [4.69, 9.17) is 9.26 Å². The van der Waals surface area contributed by atoms with Crippen LogP contribution in [0.5, 0.6) is 0 Å². The first-order valence-corrected chi connectivity index (χ1v) is 6.76. The molecule has 2 aromatic rings. The summed E-state index contributed by atoms with van der Waals surface area (Å²) in [6, 6.07) is 6.19. The summed E-state index contributed by atoms with van der Waals surface area (Å²) < 4.78 is 10.3. The van der Waals surface area contributed by atoms with Gasteiger partial charge >= 0.3 is 0 Å². The quantitative estimate of drug-likeness (QED) is 0.878. The number of anilines is 1. The van der Waals surface area contributed by atoms with Crippen molar-refractivity contribution < 1.29 is 9.26 Å². The molecule has 1 atom stereocenters. The highest BCUT2D eigenvalue weighted by molar-refractivity contribution is 5.57.